The van der Waals surface area contributed by atoms with E-state index in [0.29, 0.717) is 5.56 Å². The number of nitrogens with two attached hydrogens (primary N) is 1. The highest BCUT2D eigenvalue weighted by molar-refractivity contribution is 7.12. The van der Waals surface area contributed by atoms with Crippen LogP contribution >= 0.6 is 11.3 Å². The Hall–Kier alpha value is -1.26. The standard InChI is InChI=1S/C13H13F2NS/c1-7-5-11(8(2)17-7)13(16)10-4-3-9(14)6-12(10)15/h3-6,13H,16H2,1-2H3. The number of rotatable bonds is 2. The van der Waals surface area contributed by atoms with Gasteiger partial charge in [0, 0.05) is 21.4 Å². The smallest absolute Gasteiger partial charge is 0.131 e. The predicted octanol–water partition coefficient (Wildman–Crippen LogP) is 3.69. The third kappa shape index (κ3) is 2.37. The van der Waals surface area contributed by atoms with Gasteiger partial charge >= 0.3 is 0 Å². The summed E-state index contributed by atoms with van der Waals surface area (Å²) in [7, 11) is 0. The Morgan fingerprint density at radius 2 is 1.82 bits per heavy atom. The van der Waals surface area contributed by atoms with E-state index >= 15 is 0 Å². The van der Waals surface area contributed by atoms with E-state index in [4.69, 9.17) is 5.73 Å². The molecule has 0 spiro atoms. The first-order valence-corrected chi connectivity index (χ1v) is 6.08. The maximum Gasteiger partial charge on any atom is 0.131 e. The van der Waals surface area contributed by atoms with Gasteiger partial charge in [-0.25, -0.2) is 8.78 Å². The molecular weight excluding hydrogens is 240 g/mol. The maximum absolute atomic E-state index is 13.6. The van der Waals surface area contributed by atoms with Crippen molar-refractivity contribution in [1.29, 1.82) is 0 Å². The number of thiophene rings is 1. The fourth-order valence-corrected chi connectivity index (χ4v) is 2.85. The molecule has 2 rings (SSSR count). The molecule has 0 bridgehead atoms. The molecule has 0 fully saturated rings. The number of hydrogen-bond donors (Lipinski definition) is 1. The van der Waals surface area contributed by atoms with Gasteiger partial charge in [-0.1, -0.05) is 6.07 Å². The van der Waals surface area contributed by atoms with Gasteiger partial charge in [-0.3, -0.25) is 0 Å². The molecule has 1 nitrogen and oxygen atoms in total. The summed E-state index contributed by atoms with van der Waals surface area (Å²) in [6.07, 6.45) is 0. The molecule has 1 aromatic carbocycles. The van der Waals surface area contributed by atoms with Crippen LogP contribution < -0.4 is 5.73 Å². The molecule has 1 aromatic heterocycles. The second-order valence-electron chi connectivity index (χ2n) is 4.01. The van der Waals surface area contributed by atoms with Gasteiger partial charge in [-0.05, 0) is 31.5 Å². The Kier molecular flexibility index (Phi) is 3.26. The van der Waals surface area contributed by atoms with Crippen LogP contribution in [0, 0.1) is 25.5 Å². The fraction of sp³-hybridized carbons (Fsp3) is 0.231. The molecule has 1 atom stereocenters. The van der Waals surface area contributed by atoms with E-state index in [1.807, 2.05) is 19.9 Å². The lowest BCUT2D eigenvalue weighted by Crippen LogP contribution is -2.14. The van der Waals surface area contributed by atoms with Crippen molar-refractivity contribution >= 4 is 11.3 Å². The SMILES string of the molecule is Cc1cc(C(N)c2ccc(F)cc2F)c(C)s1. The summed E-state index contributed by atoms with van der Waals surface area (Å²) in [6, 6.07) is 4.91. The Bertz CT molecular complexity index is 548. The molecule has 0 saturated heterocycles. The lowest BCUT2D eigenvalue weighted by molar-refractivity contribution is 0.566. The third-order valence-corrected chi connectivity index (χ3v) is 3.69. The Morgan fingerprint density at radius 3 is 2.35 bits per heavy atom. The van der Waals surface area contributed by atoms with E-state index in [-0.39, 0.29) is 0 Å². The second kappa shape index (κ2) is 4.55. The summed E-state index contributed by atoms with van der Waals surface area (Å²) < 4.78 is 26.4. The lowest BCUT2D eigenvalue weighted by Gasteiger charge is -2.13. The average molecular weight is 253 g/mol. The molecule has 0 aliphatic heterocycles. The molecule has 4 heteroatoms. The molecule has 0 amide bonds. The Morgan fingerprint density at radius 1 is 1.12 bits per heavy atom. The number of aryl methyl sites for hydroxylation is 2. The molecule has 90 valence electrons. The fourth-order valence-electron chi connectivity index (χ4n) is 1.88. The Balaban J connectivity index is 2.43. The van der Waals surface area contributed by atoms with Crippen molar-refractivity contribution in [3.63, 3.8) is 0 Å². The van der Waals surface area contributed by atoms with E-state index < -0.39 is 17.7 Å². The minimum absolute atomic E-state index is 0.326. The maximum atomic E-state index is 13.6. The van der Waals surface area contributed by atoms with E-state index in [1.54, 1.807) is 11.3 Å². The molecular formula is C13H13F2NS. The van der Waals surface area contributed by atoms with Crippen LogP contribution in [0.25, 0.3) is 0 Å². The van der Waals surface area contributed by atoms with Crippen molar-refractivity contribution in [1.82, 2.24) is 0 Å². The summed E-state index contributed by atoms with van der Waals surface area (Å²) in [5.41, 5.74) is 7.25. The quantitative estimate of drug-likeness (QED) is 0.867. The summed E-state index contributed by atoms with van der Waals surface area (Å²) in [4.78, 5) is 2.20. The largest absolute Gasteiger partial charge is 0.320 e. The molecule has 0 radical (unpaired) electrons. The first kappa shape index (κ1) is 12.2. The number of benzene rings is 1. The first-order chi connectivity index (χ1) is 7.99. The Labute approximate surface area is 103 Å². The molecule has 2 N–H and O–H groups in total. The highest BCUT2D eigenvalue weighted by Crippen LogP contribution is 2.30. The topological polar surface area (TPSA) is 26.0 Å². The zero-order valence-corrected chi connectivity index (χ0v) is 10.4. The van der Waals surface area contributed by atoms with Crippen LogP contribution in [0.2, 0.25) is 0 Å². The molecule has 1 heterocycles. The molecule has 1 unspecified atom stereocenters. The zero-order valence-electron chi connectivity index (χ0n) is 9.63. The van der Waals surface area contributed by atoms with Gasteiger partial charge in [0.15, 0.2) is 0 Å². The minimum Gasteiger partial charge on any atom is -0.320 e. The summed E-state index contributed by atoms with van der Waals surface area (Å²) >= 11 is 1.62. The van der Waals surface area contributed by atoms with Crippen molar-refractivity contribution in [3.8, 4) is 0 Å². The molecule has 2 aromatic rings. The third-order valence-electron chi connectivity index (χ3n) is 2.71. The minimum atomic E-state index is -0.597. The predicted molar refractivity (Wildman–Crippen MR) is 66.2 cm³/mol. The van der Waals surface area contributed by atoms with Crippen molar-refractivity contribution < 1.29 is 8.78 Å². The van der Waals surface area contributed by atoms with Crippen molar-refractivity contribution in [2.24, 2.45) is 5.73 Å². The van der Waals surface area contributed by atoms with Gasteiger partial charge in [-0.2, -0.15) is 0 Å². The van der Waals surface area contributed by atoms with Gasteiger partial charge in [0.2, 0.25) is 0 Å². The lowest BCUT2D eigenvalue weighted by atomic mass is 9.99. The normalized spacial score (nSPS) is 12.8. The number of halogens is 2. The second-order valence-corrected chi connectivity index (χ2v) is 5.47. The summed E-state index contributed by atoms with van der Waals surface area (Å²) in [5, 5.41) is 0. The van der Waals surface area contributed by atoms with Crippen molar-refractivity contribution in [2.75, 3.05) is 0 Å². The van der Waals surface area contributed by atoms with Crippen molar-refractivity contribution in [2.45, 2.75) is 19.9 Å². The van der Waals surface area contributed by atoms with Gasteiger partial charge in [-0.15, -0.1) is 11.3 Å². The van der Waals surface area contributed by atoms with Gasteiger partial charge < -0.3 is 5.73 Å². The van der Waals surface area contributed by atoms with Crippen LogP contribution in [-0.4, -0.2) is 0 Å². The highest BCUT2D eigenvalue weighted by atomic mass is 32.1. The van der Waals surface area contributed by atoms with E-state index in [0.717, 1.165) is 21.4 Å². The molecule has 0 aliphatic carbocycles. The van der Waals surface area contributed by atoms with Crippen LogP contribution in [0.1, 0.15) is 26.9 Å². The molecule has 0 aliphatic rings. The van der Waals surface area contributed by atoms with E-state index in [2.05, 4.69) is 0 Å². The van der Waals surface area contributed by atoms with Crippen LogP contribution in [0.15, 0.2) is 24.3 Å². The van der Waals surface area contributed by atoms with Gasteiger partial charge in [0.05, 0.1) is 6.04 Å². The molecule has 17 heavy (non-hydrogen) atoms. The first-order valence-electron chi connectivity index (χ1n) is 5.26. The summed E-state index contributed by atoms with van der Waals surface area (Å²) in [6.45, 7) is 3.93. The molecule has 0 saturated carbocycles. The van der Waals surface area contributed by atoms with Crippen LogP contribution in [0.5, 0.6) is 0 Å². The number of hydrogen-bond acceptors (Lipinski definition) is 2. The van der Waals surface area contributed by atoms with Crippen LogP contribution in [0.4, 0.5) is 8.78 Å². The summed E-state index contributed by atoms with van der Waals surface area (Å²) in [5.74, 6) is -1.18. The van der Waals surface area contributed by atoms with E-state index in [1.165, 1.54) is 12.1 Å². The van der Waals surface area contributed by atoms with Crippen LogP contribution in [0.3, 0.4) is 0 Å². The monoisotopic (exact) mass is 253 g/mol. The van der Waals surface area contributed by atoms with Gasteiger partial charge in [0.1, 0.15) is 11.6 Å². The van der Waals surface area contributed by atoms with Gasteiger partial charge in [0.25, 0.3) is 0 Å². The van der Waals surface area contributed by atoms with E-state index in [9.17, 15) is 8.78 Å². The highest BCUT2D eigenvalue weighted by Gasteiger charge is 2.17. The average Bonchev–Trinajstić information content (AvgIpc) is 2.57. The zero-order chi connectivity index (χ0) is 12.6. The van der Waals surface area contributed by atoms with Crippen molar-refractivity contribution in [3.05, 3.63) is 56.8 Å². The van der Waals surface area contributed by atoms with Crippen LogP contribution in [-0.2, 0) is 0 Å².